The van der Waals surface area contributed by atoms with E-state index in [9.17, 15) is 4.79 Å². The van der Waals surface area contributed by atoms with Gasteiger partial charge in [-0.05, 0) is 25.2 Å². The van der Waals surface area contributed by atoms with Crippen molar-refractivity contribution in [2.24, 2.45) is 11.8 Å². The molecule has 0 amide bonds. The molecule has 0 aromatic carbocycles. The fourth-order valence-corrected chi connectivity index (χ4v) is 2.05. The summed E-state index contributed by atoms with van der Waals surface area (Å²) in [6.45, 7) is 8.93. The Kier molecular flexibility index (Phi) is 3.93. The van der Waals surface area contributed by atoms with E-state index >= 15 is 0 Å². The number of nitrogens with zero attached hydrogens (tertiary/aromatic N) is 1. The van der Waals surface area contributed by atoms with Crippen molar-refractivity contribution in [1.29, 1.82) is 0 Å². The van der Waals surface area contributed by atoms with Crippen molar-refractivity contribution >= 4 is 5.97 Å². The summed E-state index contributed by atoms with van der Waals surface area (Å²) in [5, 5.41) is 8.59. The summed E-state index contributed by atoms with van der Waals surface area (Å²) in [5.41, 5.74) is 0. The molecule has 1 saturated heterocycles. The number of hydrogen-bond donors (Lipinski definition) is 1. The maximum absolute atomic E-state index is 10.4. The molecule has 3 unspecified atom stereocenters. The van der Waals surface area contributed by atoms with Crippen LogP contribution in [0.25, 0.3) is 0 Å². The molecule has 0 bridgehead atoms. The van der Waals surface area contributed by atoms with Gasteiger partial charge in [0.1, 0.15) is 0 Å². The highest BCUT2D eigenvalue weighted by atomic mass is 16.4. The van der Waals surface area contributed by atoms with E-state index in [4.69, 9.17) is 5.11 Å². The molecule has 1 aliphatic rings. The molecule has 0 spiro atoms. The lowest BCUT2D eigenvalue weighted by Crippen LogP contribution is -2.31. The molecule has 0 radical (unpaired) electrons. The fraction of sp³-hybridized carbons (Fsp3) is 0.909. The number of carboxylic acid groups (broad SMARTS) is 1. The lowest BCUT2D eigenvalue weighted by molar-refractivity contribution is -0.137. The van der Waals surface area contributed by atoms with Gasteiger partial charge in [-0.1, -0.05) is 13.8 Å². The molecule has 1 heterocycles. The Morgan fingerprint density at radius 2 is 1.93 bits per heavy atom. The Balaban J connectivity index is 2.31. The topological polar surface area (TPSA) is 40.5 Å². The van der Waals surface area contributed by atoms with Gasteiger partial charge in [0.05, 0.1) is 0 Å². The van der Waals surface area contributed by atoms with Crippen molar-refractivity contribution in [2.45, 2.75) is 39.7 Å². The first-order valence-corrected chi connectivity index (χ1v) is 5.46. The highest BCUT2D eigenvalue weighted by molar-refractivity contribution is 5.66. The Hall–Kier alpha value is -0.570. The van der Waals surface area contributed by atoms with Crippen LogP contribution in [0.2, 0.25) is 0 Å². The largest absolute Gasteiger partial charge is 0.481 e. The minimum atomic E-state index is -0.683. The van der Waals surface area contributed by atoms with Gasteiger partial charge in [-0.15, -0.1) is 0 Å². The molecule has 82 valence electrons. The molecule has 14 heavy (non-hydrogen) atoms. The first kappa shape index (κ1) is 11.5. The summed E-state index contributed by atoms with van der Waals surface area (Å²) in [4.78, 5) is 12.8. The number of carboxylic acids is 1. The van der Waals surface area contributed by atoms with Crippen LogP contribution in [0.3, 0.4) is 0 Å². The maximum Gasteiger partial charge on any atom is 0.303 e. The van der Waals surface area contributed by atoms with E-state index in [1.165, 1.54) is 0 Å². The summed E-state index contributed by atoms with van der Waals surface area (Å²) in [5.74, 6) is 0.821. The number of aliphatic carboxylic acids is 1. The number of likely N-dealkylation sites (tertiary alicyclic amines) is 1. The maximum atomic E-state index is 10.4. The second-order valence-corrected chi connectivity index (χ2v) is 4.69. The van der Waals surface area contributed by atoms with Crippen molar-refractivity contribution in [1.82, 2.24) is 4.90 Å². The first-order chi connectivity index (χ1) is 6.50. The third-order valence-electron chi connectivity index (χ3n) is 3.42. The first-order valence-electron chi connectivity index (χ1n) is 5.46. The number of rotatable bonds is 4. The third-order valence-corrected chi connectivity index (χ3v) is 3.42. The molecule has 0 aromatic heterocycles. The van der Waals surface area contributed by atoms with Crippen LogP contribution in [0.15, 0.2) is 0 Å². The van der Waals surface area contributed by atoms with Gasteiger partial charge in [-0.3, -0.25) is 4.79 Å². The molecule has 1 aliphatic heterocycles. The highest BCUT2D eigenvalue weighted by Gasteiger charge is 2.28. The van der Waals surface area contributed by atoms with Gasteiger partial charge in [0.2, 0.25) is 0 Å². The van der Waals surface area contributed by atoms with Crippen LogP contribution >= 0.6 is 0 Å². The molecule has 0 saturated carbocycles. The quantitative estimate of drug-likeness (QED) is 0.751. The molecular weight excluding hydrogens is 178 g/mol. The van der Waals surface area contributed by atoms with Gasteiger partial charge in [0, 0.05) is 25.6 Å². The van der Waals surface area contributed by atoms with E-state index in [0.717, 1.165) is 31.3 Å². The normalized spacial score (nSPS) is 30.5. The summed E-state index contributed by atoms with van der Waals surface area (Å²) < 4.78 is 0. The molecule has 1 N–H and O–H groups in total. The molecular formula is C11H21NO2. The fourth-order valence-electron chi connectivity index (χ4n) is 2.05. The number of carbonyl (C=O) groups is 1. The van der Waals surface area contributed by atoms with Gasteiger partial charge in [-0.2, -0.15) is 0 Å². The average molecular weight is 199 g/mol. The Morgan fingerprint density at radius 1 is 1.43 bits per heavy atom. The minimum absolute atomic E-state index is 0.292. The van der Waals surface area contributed by atoms with E-state index in [2.05, 4.69) is 25.7 Å². The standard InChI is InChI=1S/C11H21NO2/c1-8-6-12(7-9(8)2)10(3)4-5-11(13)14/h8-10H,4-7H2,1-3H3,(H,13,14). The molecule has 3 atom stereocenters. The molecule has 3 heteroatoms. The summed E-state index contributed by atoms with van der Waals surface area (Å²) in [7, 11) is 0. The monoisotopic (exact) mass is 199 g/mol. The zero-order valence-corrected chi connectivity index (χ0v) is 9.36. The van der Waals surface area contributed by atoms with Crippen molar-refractivity contribution < 1.29 is 9.90 Å². The highest BCUT2D eigenvalue weighted by Crippen LogP contribution is 2.25. The van der Waals surface area contributed by atoms with Crippen molar-refractivity contribution in [3.63, 3.8) is 0 Å². The van der Waals surface area contributed by atoms with Crippen LogP contribution in [0.1, 0.15) is 33.6 Å². The van der Waals surface area contributed by atoms with Gasteiger partial charge in [0.15, 0.2) is 0 Å². The minimum Gasteiger partial charge on any atom is -0.481 e. The van der Waals surface area contributed by atoms with E-state index in [1.807, 2.05) is 0 Å². The molecule has 1 rings (SSSR count). The zero-order chi connectivity index (χ0) is 10.7. The van der Waals surface area contributed by atoms with Crippen molar-refractivity contribution in [2.75, 3.05) is 13.1 Å². The van der Waals surface area contributed by atoms with Gasteiger partial charge in [-0.25, -0.2) is 0 Å². The zero-order valence-electron chi connectivity index (χ0n) is 9.36. The third kappa shape index (κ3) is 2.98. The van der Waals surface area contributed by atoms with Crippen LogP contribution < -0.4 is 0 Å². The average Bonchev–Trinajstić information content (AvgIpc) is 2.43. The predicted octanol–water partition coefficient (Wildman–Crippen LogP) is 1.83. The van der Waals surface area contributed by atoms with Crippen molar-refractivity contribution in [3.8, 4) is 0 Å². The second kappa shape index (κ2) is 4.78. The van der Waals surface area contributed by atoms with Crippen LogP contribution in [0, 0.1) is 11.8 Å². The van der Waals surface area contributed by atoms with E-state index in [1.54, 1.807) is 0 Å². The Labute approximate surface area is 86.1 Å². The number of hydrogen-bond acceptors (Lipinski definition) is 2. The van der Waals surface area contributed by atoms with Gasteiger partial charge in [0.25, 0.3) is 0 Å². The smallest absolute Gasteiger partial charge is 0.303 e. The molecule has 1 fully saturated rings. The summed E-state index contributed by atoms with van der Waals surface area (Å²) in [6.07, 6.45) is 1.06. The lowest BCUT2D eigenvalue weighted by atomic mass is 10.0. The van der Waals surface area contributed by atoms with Gasteiger partial charge >= 0.3 is 5.97 Å². The van der Waals surface area contributed by atoms with Crippen LogP contribution in [0.5, 0.6) is 0 Å². The van der Waals surface area contributed by atoms with Gasteiger partial charge < -0.3 is 10.0 Å². The summed E-state index contributed by atoms with van der Waals surface area (Å²) >= 11 is 0. The Morgan fingerprint density at radius 3 is 2.36 bits per heavy atom. The van der Waals surface area contributed by atoms with Crippen molar-refractivity contribution in [3.05, 3.63) is 0 Å². The van der Waals surface area contributed by atoms with E-state index in [-0.39, 0.29) is 0 Å². The summed E-state index contributed by atoms with van der Waals surface area (Å²) in [6, 6.07) is 0.415. The lowest BCUT2D eigenvalue weighted by Gasteiger charge is -2.23. The predicted molar refractivity (Wildman–Crippen MR) is 56.2 cm³/mol. The van der Waals surface area contributed by atoms with E-state index < -0.39 is 5.97 Å². The molecule has 0 aromatic rings. The van der Waals surface area contributed by atoms with Crippen LogP contribution in [0.4, 0.5) is 0 Å². The second-order valence-electron chi connectivity index (χ2n) is 4.69. The SMILES string of the molecule is CC1CN(C(C)CCC(=O)O)CC1C. The molecule has 3 nitrogen and oxygen atoms in total. The van der Waals surface area contributed by atoms with Crippen LogP contribution in [-0.4, -0.2) is 35.1 Å². The van der Waals surface area contributed by atoms with Crippen LogP contribution in [-0.2, 0) is 4.79 Å². The Bertz CT molecular complexity index is 195. The van der Waals surface area contributed by atoms with E-state index in [0.29, 0.717) is 12.5 Å². The molecule has 0 aliphatic carbocycles.